The normalized spacial score (nSPS) is 15.5. The summed E-state index contributed by atoms with van der Waals surface area (Å²) >= 11 is 1.39. The van der Waals surface area contributed by atoms with Gasteiger partial charge in [0.2, 0.25) is 0 Å². The van der Waals surface area contributed by atoms with Gasteiger partial charge in [0, 0.05) is 24.5 Å². The molecule has 190 valence electrons. The van der Waals surface area contributed by atoms with E-state index in [1.165, 1.54) is 94.8 Å². The maximum absolute atomic E-state index is 12.4. The first kappa shape index (κ1) is 28.1. The second-order valence-corrected chi connectivity index (χ2v) is 10.2. The number of unbranched alkanes of at least 4 members (excludes halogenated alkanes) is 13. The predicted octanol–water partition coefficient (Wildman–Crippen LogP) is 7.44. The maximum atomic E-state index is 12.4. The Hall–Kier alpha value is -1.11. The van der Waals surface area contributed by atoms with Crippen LogP contribution in [0.15, 0.2) is 11.4 Å². The molecule has 0 N–H and O–H groups in total. The second-order valence-electron chi connectivity index (χ2n) is 9.24. The molecule has 0 saturated carbocycles. The van der Waals surface area contributed by atoms with Gasteiger partial charge in [-0.2, -0.15) is 0 Å². The van der Waals surface area contributed by atoms with Gasteiger partial charge in [0.05, 0.1) is 19.8 Å². The van der Waals surface area contributed by atoms with Crippen molar-refractivity contribution in [1.82, 2.24) is 4.90 Å². The first-order valence-electron chi connectivity index (χ1n) is 13.4. The predicted molar refractivity (Wildman–Crippen MR) is 137 cm³/mol. The van der Waals surface area contributed by atoms with Gasteiger partial charge in [0.15, 0.2) is 6.23 Å². The van der Waals surface area contributed by atoms with E-state index in [0.29, 0.717) is 24.7 Å². The Morgan fingerprint density at radius 3 is 2.06 bits per heavy atom. The van der Waals surface area contributed by atoms with Crippen molar-refractivity contribution >= 4 is 17.3 Å². The topological polar surface area (TPSA) is 48.0 Å². The van der Waals surface area contributed by atoms with Gasteiger partial charge in [-0.3, -0.25) is 4.90 Å². The molecular formula is C27H47NO4S. The molecule has 1 atom stereocenters. The molecule has 1 aliphatic rings. The zero-order valence-corrected chi connectivity index (χ0v) is 22.0. The molecule has 0 bridgehead atoms. The van der Waals surface area contributed by atoms with E-state index in [1.54, 1.807) is 0 Å². The van der Waals surface area contributed by atoms with Crippen molar-refractivity contribution < 1.29 is 19.0 Å². The lowest BCUT2D eigenvalue weighted by molar-refractivity contribution is -0.0634. The Bertz CT molecular complexity index is 615. The van der Waals surface area contributed by atoms with Crippen LogP contribution in [0, 0.1) is 0 Å². The summed E-state index contributed by atoms with van der Waals surface area (Å²) in [6.45, 7) is 7.90. The molecule has 1 saturated heterocycles. The van der Waals surface area contributed by atoms with Crippen LogP contribution in [0.2, 0.25) is 0 Å². The lowest BCUT2D eigenvalue weighted by Gasteiger charge is -2.31. The van der Waals surface area contributed by atoms with E-state index < -0.39 is 0 Å². The molecule has 0 amide bonds. The van der Waals surface area contributed by atoms with Crippen molar-refractivity contribution in [2.24, 2.45) is 0 Å². The molecule has 2 rings (SSSR count). The van der Waals surface area contributed by atoms with Crippen molar-refractivity contribution in [1.29, 1.82) is 0 Å². The highest BCUT2D eigenvalue weighted by Gasteiger charge is 2.22. The molecule has 33 heavy (non-hydrogen) atoms. The van der Waals surface area contributed by atoms with Crippen LogP contribution < -0.4 is 4.74 Å². The summed E-state index contributed by atoms with van der Waals surface area (Å²) < 4.78 is 16.8. The molecule has 0 aromatic carbocycles. The van der Waals surface area contributed by atoms with Crippen molar-refractivity contribution in [3.05, 3.63) is 16.3 Å². The molecule has 1 aliphatic heterocycles. The molecule has 6 heteroatoms. The standard InChI is InChI=1S/C27H47NO4S/c1-3-4-5-6-7-8-9-10-11-12-13-14-15-16-19-31-25-22-26(33-23-25)27(29)32-24(2)28-17-20-30-21-18-28/h22-24H,3-21H2,1-2H3. The van der Waals surface area contributed by atoms with Gasteiger partial charge in [-0.1, -0.05) is 90.4 Å². The summed E-state index contributed by atoms with van der Waals surface area (Å²) in [7, 11) is 0. The number of hydrogen-bond acceptors (Lipinski definition) is 6. The van der Waals surface area contributed by atoms with Gasteiger partial charge < -0.3 is 14.2 Å². The van der Waals surface area contributed by atoms with E-state index in [4.69, 9.17) is 14.2 Å². The fraction of sp³-hybridized carbons (Fsp3) is 0.815. The Morgan fingerprint density at radius 2 is 1.48 bits per heavy atom. The third kappa shape index (κ3) is 12.8. The number of nitrogens with zero attached hydrogens (tertiary/aromatic N) is 1. The van der Waals surface area contributed by atoms with E-state index in [1.807, 2.05) is 18.4 Å². The molecule has 0 aliphatic carbocycles. The van der Waals surface area contributed by atoms with Gasteiger partial charge in [-0.15, -0.1) is 11.3 Å². The van der Waals surface area contributed by atoms with Crippen molar-refractivity contribution in [2.75, 3.05) is 32.9 Å². The molecular weight excluding hydrogens is 434 g/mol. The molecule has 5 nitrogen and oxygen atoms in total. The molecule has 1 aromatic heterocycles. The van der Waals surface area contributed by atoms with Crippen molar-refractivity contribution in [2.45, 2.75) is 110 Å². The highest BCUT2D eigenvalue weighted by molar-refractivity contribution is 7.12. The quantitative estimate of drug-likeness (QED) is 0.152. The number of carbonyl (C=O) groups excluding carboxylic acids is 1. The number of esters is 1. The SMILES string of the molecule is CCCCCCCCCCCCCCCCOc1csc(C(=O)OC(C)N2CCOCC2)c1. The Labute approximate surface area is 206 Å². The Morgan fingerprint density at radius 1 is 0.939 bits per heavy atom. The first-order valence-corrected chi connectivity index (χ1v) is 14.3. The van der Waals surface area contributed by atoms with Crippen LogP contribution in [0.5, 0.6) is 5.75 Å². The molecule has 1 fully saturated rings. The summed E-state index contributed by atoms with van der Waals surface area (Å²) in [4.78, 5) is 15.1. The van der Waals surface area contributed by atoms with Crippen LogP contribution in [0.25, 0.3) is 0 Å². The summed E-state index contributed by atoms with van der Waals surface area (Å²) in [6, 6.07) is 1.81. The van der Waals surface area contributed by atoms with E-state index >= 15 is 0 Å². The van der Waals surface area contributed by atoms with Gasteiger partial charge in [-0.05, 0) is 13.3 Å². The second kappa shape index (κ2) is 18.2. The Kier molecular flexibility index (Phi) is 15.6. The van der Waals surface area contributed by atoms with E-state index in [2.05, 4.69) is 11.8 Å². The number of morpholine rings is 1. The largest absolute Gasteiger partial charge is 0.493 e. The number of ether oxygens (including phenoxy) is 3. The van der Waals surface area contributed by atoms with Crippen LogP contribution in [0.3, 0.4) is 0 Å². The number of hydrogen-bond donors (Lipinski definition) is 0. The zero-order chi connectivity index (χ0) is 23.6. The van der Waals surface area contributed by atoms with Crippen LogP contribution in [0.1, 0.15) is 113 Å². The minimum Gasteiger partial charge on any atom is -0.493 e. The van der Waals surface area contributed by atoms with E-state index in [0.717, 1.165) is 25.3 Å². The van der Waals surface area contributed by atoms with Crippen molar-refractivity contribution in [3.8, 4) is 5.75 Å². The van der Waals surface area contributed by atoms with Crippen LogP contribution in [-0.2, 0) is 9.47 Å². The molecule has 1 aromatic rings. The third-order valence-electron chi connectivity index (χ3n) is 6.38. The van der Waals surface area contributed by atoms with Gasteiger partial charge in [0.25, 0.3) is 0 Å². The van der Waals surface area contributed by atoms with Crippen LogP contribution in [-0.4, -0.2) is 50.0 Å². The maximum Gasteiger partial charge on any atom is 0.350 e. The summed E-state index contributed by atoms with van der Waals surface area (Å²) in [6.07, 6.45) is 18.7. The fourth-order valence-corrected chi connectivity index (χ4v) is 4.92. The van der Waals surface area contributed by atoms with Crippen molar-refractivity contribution in [3.63, 3.8) is 0 Å². The number of rotatable bonds is 19. The minimum absolute atomic E-state index is 0.233. The third-order valence-corrected chi connectivity index (χ3v) is 7.27. The average molecular weight is 482 g/mol. The van der Waals surface area contributed by atoms with Gasteiger partial charge >= 0.3 is 5.97 Å². The zero-order valence-electron chi connectivity index (χ0n) is 21.2. The highest BCUT2D eigenvalue weighted by Crippen LogP contribution is 2.23. The molecule has 0 radical (unpaired) electrons. The van der Waals surface area contributed by atoms with E-state index in [-0.39, 0.29) is 12.2 Å². The van der Waals surface area contributed by atoms with Gasteiger partial charge in [-0.25, -0.2) is 4.79 Å². The smallest absolute Gasteiger partial charge is 0.350 e. The lowest BCUT2D eigenvalue weighted by atomic mass is 10.0. The minimum atomic E-state index is -0.273. The molecule has 1 unspecified atom stereocenters. The Balaban J connectivity index is 1.42. The monoisotopic (exact) mass is 481 g/mol. The summed E-state index contributed by atoms with van der Waals surface area (Å²) in [5.74, 6) is 0.506. The van der Waals surface area contributed by atoms with E-state index in [9.17, 15) is 4.79 Å². The lowest BCUT2D eigenvalue weighted by Crippen LogP contribution is -2.44. The van der Waals surface area contributed by atoms with Crippen LogP contribution in [0.4, 0.5) is 0 Å². The molecule has 0 spiro atoms. The summed E-state index contributed by atoms with van der Waals surface area (Å²) in [5, 5.41) is 1.90. The number of thiophene rings is 1. The first-order chi connectivity index (χ1) is 16.2. The highest BCUT2D eigenvalue weighted by atomic mass is 32.1. The summed E-state index contributed by atoms with van der Waals surface area (Å²) in [5.41, 5.74) is 0. The van der Waals surface area contributed by atoms with Gasteiger partial charge in [0.1, 0.15) is 10.6 Å². The van der Waals surface area contributed by atoms with Crippen LogP contribution >= 0.6 is 11.3 Å². The molecule has 2 heterocycles. The fourth-order valence-electron chi connectivity index (χ4n) is 4.22. The average Bonchev–Trinajstić information content (AvgIpc) is 3.31. The number of carbonyl (C=O) groups is 1.